The van der Waals surface area contributed by atoms with Gasteiger partial charge in [-0.3, -0.25) is 19.5 Å². The maximum atomic E-state index is 8.74. The van der Waals surface area contributed by atoms with Gasteiger partial charge in [0, 0.05) is 12.2 Å². The maximum absolute atomic E-state index is 8.74. The molecule has 0 heterocycles. The van der Waals surface area contributed by atoms with Crippen LogP contribution in [0.5, 0.6) is 0 Å². The van der Waals surface area contributed by atoms with E-state index in [4.69, 9.17) is 27.9 Å². The first kappa shape index (κ1) is 15.6. The van der Waals surface area contributed by atoms with Crippen LogP contribution in [0.15, 0.2) is 24.3 Å². The molecule has 0 aromatic heterocycles. The van der Waals surface area contributed by atoms with E-state index in [1.54, 1.807) is 24.3 Å². The molecule has 9 heteroatoms. The Labute approximate surface area is 98.6 Å². The van der Waals surface area contributed by atoms with Gasteiger partial charge in [-0.25, -0.2) is 0 Å². The van der Waals surface area contributed by atoms with Crippen LogP contribution in [0, 0.1) is 0 Å². The fraction of sp³-hybridized carbons (Fsp3) is 0.250. The van der Waals surface area contributed by atoms with E-state index in [0.29, 0.717) is 5.69 Å². The first-order chi connectivity index (χ1) is 7.74. The Bertz CT molecular complexity index is 408. The van der Waals surface area contributed by atoms with Gasteiger partial charge in [0.1, 0.15) is 0 Å². The topological polar surface area (TPSA) is 130 Å². The Morgan fingerprint density at radius 3 is 1.88 bits per heavy atom. The molecule has 0 unspecified atom stereocenters. The summed E-state index contributed by atoms with van der Waals surface area (Å²) in [6.45, 7) is 2.85. The molecule has 0 amide bonds. The van der Waals surface area contributed by atoms with Crippen molar-refractivity contribution in [3.63, 3.8) is 0 Å². The Morgan fingerprint density at radius 1 is 1.18 bits per heavy atom. The highest BCUT2D eigenvalue weighted by Crippen LogP contribution is 2.14. The van der Waals surface area contributed by atoms with Gasteiger partial charge >= 0.3 is 10.4 Å². The van der Waals surface area contributed by atoms with Crippen LogP contribution in [0.1, 0.15) is 6.92 Å². The third-order valence-corrected chi connectivity index (χ3v) is 1.48. The lowest BCUT2D eigenvalue weighted by Gasteiger charge is -2.08. The van der Waals surface area contributed by atoms with E-state index in [1.807, 2.05) is 6.92 Å². The summed E-state index contributed by atoms with van der Waals surface area (Å²) in [5.74, 6) is 0. The van der Waals surface area contributed by atoms with Gasteiger partial charge in [0.25, 0.3) is 0 Å². The van der Waals surface area contributed by atoms with E-state index in [2.05, 4.69) is 5.32 Å². The van der Waals surface area contributed by atoms with Crippen LogP contribution < -0.4 is 10.5 Å². The second-order valence-corrected chi connectivity index (χ2v) is 3.71. The van der Waals surface area contributed by atoms with E-state index in [9.17, 15) is 0 Å². The maximum Gasteiger partial charge on any atom is 0.394 e. The molecular weight excluding hydrogens is 252 g/mol. The summed E-state index contributed by atoms with van der Waals surface area (Å²) in [7, 11) is -4.67. The molecule has 0 atom stereocenters. The first-order valence-corrected chi connectivity index (χ1v) is 5.85. The summed E-state index contributed by atoms with van der Waals surface area (Å²) in [6, 6.07) is 6.77. The number of benzene rings is 1. The normalized spacial score (nSPS) is 10.2. The van der Waals surface area contributed by atoms with Gasteiger partial charge in [-0.1, -0.05) is 0 Å². The monoisotopic (exact) mass is 266 g/mol. The summed E-state index contributed by atoms with van der Waals surface area (Å²) in [4.78, 5) is 0. The van der Waals surface area contributed by atoms with Crippen molar-refractivity contribution >= 4 is 21.8 Å². The van der Waals surface area contributed by atoms with Crippen molar-refractivity contribution < 1.29 is 27.9 Å². The molecule has 0 aliphatic heterocycles. The molecule has 0 bridgehead atoms. The Morgan fingerprint density at radius 2 is 1.59 bits per heavy atom. The molecular formula is C8H14N2O6S. The minimum Gasteiger partial charge on any atom is -0.385 e. The highest BCUT2D eigenvalue weighted by molar-refractivity contribution is 7.79. The van der Waals surface area contributed by atoms with Gasteiger partial charge in [-0.2, -0.15) is 8.42 Å². The third kappa shape index (κ3) is 9.53. The predicted octanol–water partition coefficient (Wildman–Crippen LogP) is 1.05. The Kier molecular flexibility index (Phi) is 6.46. The lowest BCUT2D eigenvalue weighted by molar-refractivity contribution is 0.0292. The third-order valence-electron chi connectivity index (χ3n) is 1.48. The molecule has 8 nitrogen and oxygen atoms in total. The molecule has 5 N–H and O–H groups in total. The summed E-state index contributed by atoms with van der Waals surface area (Å²) < 4.78 is 31.6. The van der Waals surface area contributed by atoms with Crippen molar-refractivity contribution in [2.45, 2.75) is 6.92 Å². The lowest BCUT2D eigenvalue weighted by atomic mass is 10.3. The number of hydrogen-bond donors (Lipinski definition) is 5. The van der Waals surface area contributed by atoms with Gasteiger partial charge in [-0.15, -0.1) is 5.23 Å². The molecule has 98 valence electrons. The van der Waals surface area contributed by atoms with E-state index in [0.717, 1.165) is 12.2 Å². The number of nitrogens with one attached hydrogen (secondary N) is 1. The molecule has 1 aromatic carbocycles. The molecule has 0 spiro atoms. The van der Waals surface area contributed by atoms with Crippen molar-refractivity contribution in [2.75, 3.05) is 17.1 Å². The summed E-state index contributed by atoms with van der Waals surface area (Å²) >= 11 is 0. The summed E-state index contributed by atoms with van der Waals surface area (Å²) in [5, 5.41) is 20.4. The molecule has 1 rings (SSSR count). The van der Waals surface area contributed by atoms with Gasteiger partial charge in [0.05, 0.1) is 5.69 Å². The lowest BCUT2D eigenvalue weighted by Crippen LogP contribution is -2.10. The first-order valence-electron chi connectivity index (χ1n) is 4.45. The second kappa shape index (κ2) is 7.04. The zero-order valence-electron chi connectivity index (χ0n) is 8.98. The smallest absolute Gasteiger partial charge is 0.385 e. The predicted molar refractivity (Wildman–Crippen MR) is 60.8 cm³/mol. The van der Waals surface area contributed by atoms with Gasteiger partial charge < -0.3 is 5.32 Å². The zero-order valence-corrected chi connectivity index (χ0v) is 9.79. The van der Waals surface area contributed by atoms with Crippen molar-refractivity contribution in [1.29, 1.82) is 0 Å². The fourth-order valence-electron chi connectivity index (χ4n) is 0.917. The summed E-state index contributed by atoms with van der Waals surface area (Å²) in [5.41, 5.74) is 1.31. The minimum absolute atomic E-state index is 0.0930. The van der Waals surface area contributed by atoms with Crippen LogP contribution in [0.3, 0.4) is 0 Å². The standard InChI is InChI=1S/C8H12N2O2.H2O4S/c1-2-9-7-3-5-8(6-4-7)10(11)12;1-5(2,3)4/h3-6,9,11-12H,2H2,1H3;(H2,1,2,3,4). The van der Waals surface area contributed by atoms with Gasteiger partial charge in [-0.05, 0) is 31.2 Å². The molecule has 0 saturated heterocycles. The second-order valence-electron chi connectivity index (χ2n) is 2.81. The molecule has 0 saturated carbocycles. The van der Waals surface area contributed by atoms with Crippen LogP contribution >= 0.6 is 0 Å². The highest BCUT2D eigenvalue weighted by Gasteiger charge is 1.96. The summed E-state index contributed by atoms with van der Waals surface area (Å²) in [6.07, 6.45) is 0. The Hall–Kier alpha value is -1.39. The largest absolute Gasteiger partial charge is 0.394 e. The number of anilines is 2. The van der Waals surface area contributed by atoms with E-state index in [-0.39, 0.29) is 5.23 Å². The number of hydrogen-bond acceptors (Lipinski definition) is 6. The average molecular weight is 266 g/mol. The van der Waals surface area contributed by atoms with E-state index >= 15 is 0 Å². The fourth-order valence-corrected chi connectivity index (χ4v) is 0.917. The van der Waals surface area contributed by atoms with Crippen molar-refractivity contribution in [1.82, 2.24) is 0 Å². The Balaban J connectivity index is 0.000000437. The SMILES string of the molecule is CCNc1ccc(N(O)O)cc1.O=S(=O)(O)O. The number of nitrogens with zero attached hydrogens (tertiary/aromatic N) is 1. The van der Waals surface area contributed by atoms with Crippen LogP contribution in [0.2, 0.25) is 0 Å². The van der Waals surface area contributed by atoms with E-state index < -0.39 is 10.4 Å². The van der Waals surface area contributed by atoms with Crippen LogP contribution in [-0.2, 0) is 10.4 Å². The van der Waals surface area contributed by atoms with Gasteiger partial charge in [0.2, 0.25) is 0 Å². The molecule has 1 aromatic rings. The quantitative estimate of drug-likeness (QED) is 0.405. The average Bonchev–Trinajstić information content (AvgIpc) is 2.16. The van der Waals surface area contributed by atoms with Crippen LogP contribution in [-0.4, -0.2) is 34.5 Å². The van der Waals surface area contributed by atoms with Gasteiger partial charge in [0.15, 0.2) is 0 Å². The van der Waals surface area contributed by atoms with Crippen molar-refractivity contribution in [2.24, 2.45) is 0 Å². The minimum atomic E-state index is -4.67. The van der Waals surface area contributed by atoms with Crippen molar-refractivity contribution in [3.05, 3.63) is 24.3 Å². The van der Waals surface area contributed by atoms with Crippen LogP contribution in [0.25, 0.3) is 0 Å². The number of rotatable bonds is 3. The molecule has 0 aliphatic carbocycles. The van der Waals surface area contributed by atoms with E-state index in [1.165, 1.54) is 0 Å². The molecule has 0 aliphatic rings. The molecule has 0 fully saturated rings. The molecule has 17 heavy (non-hydrogen) atoms. The van der Waals surface area contributed by atoms with Crippen molar-refractivity contribution in [3.8, 4) is 0 Å². The van der Waals surface area contributed by atoms with Crippen LogP contribution in [0.4, 0.5) is 11.4 Å². The zero-order chi connectivity index (χ0) is 13.5. The molecule has 0 radical (unpaired) electrons. The highest BCUT2D eigenvalue weighted by atomic mass is 32.3.